The van der Waals surface area contributed by atoms with Crippen molar-refractivity contribution < 1.29 is 14.3 Å². The SMILES string of the molecule is COc1cccc2ccn(C(=O)OC(C)(C)C)c12. The zero-order valence-corrected chi connectivity index (χ0v) is 11.1. The first-order valence-electron chi connectivity index (χ1n) is 5.80. The van der Waals surface area contributed by atoms with Gasteiger partial charge in [0.2, 0.25) is 0 Å². The Bertz CT molecular complexity index is 578. The van der Waals surface area contributed by atoms with Crippen LogP contribution in [0.5, 0.6) is 5.75 Å². The van der Waals surface area contributed by atoms with E-state index in [9.17, 15) is 4.79 Å². The van der Waals surface area contributed by atoms with Crippen molar-refractivity contribution in [2.75, 3.05) is 7.11 Å². The van der Waals surface area contributed by atoms with Crippen LogP contribution in [0.4, 0.5) is 4.79 Å². The molecule has 4 heteroatoms. The molecule has 0 N–H and O–H groups in total. The quantitative estimate of drug-likeness (QED) is 0.775. The van der Waals surface area contributed by atoms with Gasteiger partial charge >= 0.3 is 6.09 Å². The number of fused-ring (bicyclic) bond motifs is 1. The zero-order chi connectivity index (χ0) is 13.3. The van der Waals surface area contributed by atoms with E-state index in [-0.39, 0.29) is 0 Å². The highest BCUT2D eigenvalue weighted by Crippen LogP contribution is 2.27. The molecule has 0 aliphatic carbocycles. The van der Waals surface area contributed by atoms with E-state index in [0.29, 0.717) is 5.75 Å². The second-order valence-electron chi connectivity index (χ2n) is 5.06. The summed E-state index contributed by atoms with van der Waals surface area (Å²) in [7, 11) is 1.58. The Kier molecular flexibility index (Phi) is 3.03. The van der Waals surface area contributed by atoms with Gasteiger partial charge in [-0.05, 0) is 32.9 Å². The number of para-hydroxylation sites is 1. The molecule has 96 valence electrons. The second kappa shape index (κ2) is 4.37. The van der Waals surface area contributed by atoms with Gasteiger partial charge in [-0.25, -0.2) is 9.36 Å². The first-order chi connectivity index (χ1) is 8.42. The van der Waals surface area contributed by atoms with E-state index in [0.717, 1.165) is 10.9 Å². The third kappa shape index (κ3) is 2.32. The number of carbonyl (C=O) groups is 1. The smallest absolute Gasteiger partial charge is 0.419 e. The Morgan fingerprint density at radius 1 is 1.22 bits per heavy atom. The molecule has 0 saturated carbocycles. The molecule has 1 aromatic heterocycles. The maximum absolute atomic E-state index is 12.1. The van der Waals surface area contributed by atoms with Crippen molar-refractivity contribution in [2.45, 2.75) is 26.4 Å². The Labute approximate surface area is 106 Å². The molecule has 0 aliphatic rings. The molecule has 0 atom stereocenters. The summed E-state index contributed by atoms with van der Waals surface area (Å²) in [5.74, 6) is 0.656. The molecule has 4 nitrogen and oxygen atoms in total. The number of carbonyl (C=O) groups excluding carboxylic acids is 1. The number of rotatable bonds is 1. The number of ether oxygens (including phenoxy) is 2. The number of hydrogen-bond acceptors (Lipinski definition) is 3. The molecule has 1 aromatic carbocycles. The summed E-state index contributed by atoms with van der Waals surface area (Å²) < 4.78 is 12.1. The lowest BCUT2D eigenvalue weighted by Gasteiger charge is -2.20. The van der Waals surface area contributed by atoms with Gasteiger partial charge in [0.15, 0.2) is 0 Å². The number of methoxy groups -OCH3 is 1. The van der Waals surface area contributed by atoms with E-state index < -0.39 is 11.7 Å². The van der Waals surface area contributed by atoms with E-state index in [1.807, 2.05) is 45.0 Å². The molecule has 2 rings (SSSR count). The molecular weight excluding hydrogens is 230 g/mol. The minimum Gasteiger partial charge on any atom is -0.495 e. The lowest BCUT2D eigenvalue weighted by molar-refractivity contribution is 0.0544. The molecule has 0 spiro atoms. The second-order valence-corrected chi connectivity index (χ2v) is 5.06. The van der Waals surface area contributed by atoms with E-state index in [1.165, 1.54) is 4.57 Å². The standard InChI is InChI=1S/C14H17NO3/c1-14(2,3)18-13(16)15-9-8-10-6-5-7-11(17-4)12(10)15/h5-9H,1-4H3. The van der Waals surface area contributed by atoms with Gasteiger partial charge in [-0.1, -0.05) is 12.1 Å². The lowest BCUT2D eigenvalue weighted by atomic mass is 10.2. The van der Waals surface area contributed by atoms with Gasteiger partial charge in [0.25, 0.3) is 0 Å². The van der Waals surface area contributed by atoms with Crippen molar-refractivity contribution >= 4 is 17.0 Å². The van der Waals surface area contributed by atoms with Crippen LogP contribution in [0.1, 0.15) is 20.8 Å². The predicted octanol–water partition coefficient (Wildman–Crippen LogP) is 3.43. The van der Waals surface area contributed by atoms with Crippen LogP contribution in [-0.2, 0) is 4.74 Å². The van der Waals surface area contributed by atoms with Gasteiger partial charge in [-0.2, -0.15) is 0 Å². The molecule has 0 saturated heterocycles. The summed E-state index contributed by atoms with van der Waals surface area (Å²) in [6.07, 6.45) is 1.29. The van der Waals surface area contributed by atoms with Gasteiger partial charge in [0.05, 0.1) is 7.11 Å². The molecule has 1 heterocycles. The maximum atomic E-state index is 12.1. The van der Waals surface area contributed by atoms with Crippen molar-refractivity contribution in [3.63, 3.8) is 0 Å². The third-order valence-corrected chi connectivity index (χ3v) is 2.48. The van der Waals surface area contributed by atoms with Crippen LogP contribution in [-0.4, -0.2) is 23.4 Å². The Balaban J connectivity index is 2.48. The average molecular weight is 247 g/mol. The van der Waals surface area contributed by atoms with Gasteiger partial charge < -0.3 is 9.47 Å². The molecule has 0 fully saturated rings. The van der Waals surface area contributed by atoms with Crippen LogP contribution in [0.15, 0.2) is 30.5 Å². The first-order valence-corrected chi connectivity index (χ1v) is 5.80. The zero-order valence-electron chi connectivity index (χ0n) is 11.1. The van der Waals surface area contributed by atoms with Crippen molar-refractivity contribution in [1.29, 1.82) is 0 Å². The van der Waals surface area contributed by atoms with Crippen LogP contribution < -0.4 is 4.74 Å². The van der Waals surface area contributed by atoms with E-state index in [4.69, 9.17) is 9.47 Å². The maximum Gasteiger partial charge on any atom is 0.419 e. The van der Waals surface area contributed by atoms with Gasteiger partial charge in [0.1, 0.15) is 16.9 Å². The van der Waals surface area contributed by atoms with Crippen LogP contribution in [0.2, 0.25) is 0 Å². The van der Waals surface area contributed by atoms with E-state index in [1.54, 1.807) is 13.3 Å². The summed E-state index contributed by atoms with van der Waals surface area (Å²) in [4.78, 5) is 12.1. The van der Waals surface area contributed by atoms with E-state index in [2.05, 4.69) is 0 Å². The number of hydrogen-bond donors (Lipinski definition) is 0. The molecule has 0 aliphatic heterocycles. The third-order valence-electron chi connectivity index (χ3n) is 2.48. The highest BCUT2D eigenvalue weighted by atomic mass is 16.6. The van der Waals surface area contributed by atoms with Crippen LogP contribution >= 0.6 is 0 Å². The number of benzene rings is 1. The number of aromatic nitrogens is 1. The Hall–Kier alpha value is -1.97. The lowest BCUT2D eigenvalue weighted by Crippen LogP contribution is -2.26. The van der Waals surface area contributed by atoms with Crippen LogP contribution in [0.3, 0.4) is 0 Å². The normalized spacial score (nSPS) is 11.6. The summed E-state index contributed by atoms with van der Waals surface area (Å²) in [6.45, 7) is 5.52. The summed E-state index contributed by atoms with van der Waals surface area (Å²) in [5, 5.41) is 0.945. The topological polar surface area (TPSA) is 40.5 Å². The van der Waals surface area contributed by atoms with Crippen molar-refractivity contribution in [2.24, 2.45) is 0 Å². The molecule has 18 heavy (non-hydrogen) atoms. The average Bonchev–Trinajstić information content (AvgIpc) is 2.70. The van der Waals surface area contributed by atoms with Crippen molar-refractivity contribution in [1.82, 2.24) is 4.57 Å². The minimum atomic E-state index is -0.518. The van der Waals surface area contributed by atoms with E-state index >= 15 is 0 Å². The Morgan fingerprint density at radius 3 is 2.56 bits per heavy atom. The minimum absolute atomic E-state index is 0.401. The van der Waals surface area contributed by atoms with Gasteiger partial charge in [-0.3, -0.25) is 0 Å². The Morgan fingerprint density at radius 2 is 1.94 bits per heavy atom. The van der Waals surface area contributed by atoms with Crippen LogP contribution in [0, 0.1) is 0 Å². The van der Waals surface area contributed by atoms with Gasteiger partial charge in [-0.15, -0.1) is 0 Å². The highest BCUT2D eigenvalue weighted by molar-refractivity contribution is 5.93. The summed E-state index contributed by atoms with van der Waals surface area (Å²) in [6, 6.07) is 7.50. The highest BCUT2D eigenvalue weighted by Gasteiger charge is 2.20. The fourth-order valence-corrected chi connectivity index (χ4v) is 1.79. The monoisotopic (exact) mass is 247 g/mol. The summed E-state index contributed by atoms with van der Waals surface area (Å²) in [5.41, 5.74) is 0.213. The first kappa shape index (κ1) is 12.5. The van der Waals surface area contributed by atoms with Crippen molar-refractivity contribution in [3.8, 4) is 5.75 Å². The summed E-state index contributed by atoms with van der Waals surface area (Å²) >= 11 is 0. The van der Waals surface area contributed by atoms with Crippen LogP contribution in [0.25, 0.3) is 10.9 Å². The fourth-order valence-electron chi connectivity index (χ4n) is 1.79. The number of nitrogens with zero attached hydrogens (tertiary/aromatic N) is 1. The molecule has 2 aromatic rings. The molecular formula is C14H17NO3. The molecule has 0 radical (unpaired) electrons. The largest absolute Gasteiger partial charge is 0.495 e. The van der Waals surface area contributed by atoms with Gasteiger partial charge in [0, 0.05) is 11.6 Å². The fraction of sp³-hybridized carbons (Fsp3) is 0.357. The molecule has 0 bridgehead atoms. The molecule has 0 unspecified atom stereocenters. The van der Waals surface area contributed by atoms with Crippen molar-refractivity contribution in [3.05, 3.63) is 30.5 Å². The molecule has 0 amide bonds. The predicted molar refractivity (Wildman–Crippen MR) is 70.1 cm³/mol.